The third-order valence-electron chi connectivity index (χ3n) is 2.70. The van der Waals surface area contributed by atoms with E-state index in [1.807, 2.05) is 0 Å². The zero-order valence-corrected chi connectivity index (χ0v) is 12.3. The van der Waals surface area contributed by atoms with Crippen LogP contribution in [0.25, 0.3) is 0 Å². The summed E-state index contributed by atoms with van der Waals surface area (Å²) in [7, 11) is -6.24. The number of hydrogen-bond donors (Lipinski definition) is 2. The first kappa shape index (κ1) is 23.6. The summed E-state index contributed by atoms with van der Waals surface area (Å²) in [5, 5.41) is -5.59. The van der Waals surface area contributed by atoms with Gasteiger partial charge in [-0.15, -0.1) is 0 Å². The summed E-state index contributed by atoms with van der Waals surface area (Å²) in [6.07, 6.45) is -7.31. The van der Waals surface area contributed by atoms with E-state index in [0.717, 1.165) is 0 Å². The highest BCUT2D eigenvalue weighted by molar-refractivity contribution is 7.87. The number of hydrogen-bond acceptors (Lipinski definition) is 3. The van der Waals surface area contributed by atoms with Crippen molar-refractivity contribution in [2.75, 3.05) is 0 Å². The Morgan fingerprint density at radius 3 is 1.45 bits per heavy atom. The van der Waals surface area contributed by atoms with Gasteiger partial charge >= 0.3 is 27.5 Å². The predicted octanol–water partition coefficient (Wildman–Crippen LogP) is 4.56. The molecule has 0 rings (SSSR count). The standard InChI is InChI=1S/C10H15F7O3S.H3N/c11-8(12,10(16,17)21(18,19)20)6-4-2-1-3-5-7-9(13,14)15;/h1-7H2,(H,18,19,20);1H3. The highest BCUT2D eigenvalue weighted by atomic mass is 32.2. The fourth-order valence-corrected chi connectivity index (χ4v) is 2.02. The van der Waals surface area contributed by atoms with E-state index in [9.17, 15) is 39.2 Å². The monoisotopic (exact) mass is 365 g/mol. The van der Waals surface area contributed by atoms with Gasteiger partial charge < -0.3 is 6.15 Å². The van der Waals surface area contributed by atoms with E-state index >= 15 is 0 Å². The molecular weight excluding hydrogens is 347 g/mol. The van der Waals surface area contributed by atoms with Gasteiger partial charge in [0.25, 0.3) is 0 Å². The maximum Gasteiger partial charge on any atom is 0.431 e. The number of halogens is 7. The van der Waals surface area contributed by atoms with Crippen molar-refractivity contribution in [3.05, 3.63) is 0 Å². The average Bonchev–Trinajstić information content (AvgIpc) is 2.24. The second kappa shape index (κ2) is 8.29. The fourth-order valence-electron chi connectivity index (χ4n) is 1.54. The topological polar surface area (TPSA) is 89.4 Å². The fraction of sp³-hybridized carbons (Fsp3) is 1.00. The molecule has 136 valence electrons. The Morgan fingerprint density at radius 1 is 0.727 bits per heavy atom. The lowest BCUT2D eigenvalue weighted by Gasteiger charge is -2.23. The van der Waals surface area contributed by atoms with Crippen LogP contribution in [0.4, 0.5) is 30.7 Å². The number of rotatable bonds is 9. The molecule has 0 aliphatic carbocycles. The second-order valence-corrected chi connectivity index (χ2v) is 6.04. The summed E-state index contributed by atoms with van der Waals surface area (Å²) < 4.78 is 115. The van der Waals surface area contributed by atoms with Crippen molar-refractivity contribution in [2.24, 2.45) is 0 Å². The van der Waals surface area contributed by atoms with Gasteiger partial charge in [-0.1, -0.05) is 19.3 Å². The molecule has 0 aromatic rings. The quantitative estimate of drug-likeness (QED) is 0.356. The maximum atomic E-state index is 13.0. The summed E-state index contributed by atoms with van der Waals surface area (Å²) in [5.41, 5.74) is 0. The van der Waals surface area contributed by atoms with E-state index in [-0.39, 0.29) is 31.8 Å². The van der Waals surface area contributed by atoms with Crippen molar-refractivity contribution in [3.8, 4) is 0 Å². The SMILES string of the molecule is N.O=S(=O)(O)C(F)(F)C(F)(F)CCCCCCCC(F)(F)F. The molecule has 0 aromatic heterocycles. The molecule has 22 heavy (non-hydrogen) atoms. The maximum absolute atomic E-state index is 13.0. The van der Waals surface area contributed by atoms with Gasteiger partial charge in [0.1, 0.15) is 0 Å². The molecule has 0 aliphatic rings. The highest BCUT2D eigenvalue weighted by Gasteiger charge is 2.64. The highest BCUT2D eigenvalue weighted by Crippen LogP contribution is 2.41. The van der Waals surface area contributed by atoms with E-state index in [1.54, 1.807) is 0 Å². The molecule has 0 atom stereocenters. The van der Waals surface area contributed by atoms with Crippen molar-refractivity contribution in [3.63, 3.8) is 0 Å². The van der Waals surface area contributed by atoms with Gasteiger partial charge in [0.05, 0.1) is 0 Å². The van der Waals surface area contributed by atoms with Gasteiger partial charge in [0.15, 0.2) is 0 Å². The number of unbranched alkanes of at least 4 members (excludes halogenated alkanes) is 4. The normalized spacial score (nSPS) is 13.8. The minimum atomic E-state index is -6.24. The number of alkyl halides is 7. The Kier molecular flexibility index (Phi) is 8.91. The molecule has 0 aliphatic heterocycles. The Hall–Kier alpha value is -0.620. The van der Waals surface area contributed by atoms with E-state index in [0.29, 0.717) is 0 Å². The van der Waals surface area contributed by atoms with Crippen LogP contribution in [0.5, 0.6) is 0 Å². The predicted molar refractivity (Wildman–Crippen MR) is 64.8 cm³/mol. The molecule has 0 saturated carbocycles. The van der Waals surface area contributed by atoms with Gasteiger partial charge in [-0.3, -0.25) is 4.55 Å². The van der Waals surface area contributed by atoms with Gasteiger partial charge in [0, 0.05) is 12.8 Å². The van der Waals surface area contributed by atoms with Crippen LogP contribution in [0, 0.1) is 0 Å². The first-order chi connectivity index (χ1) is 9.21. The van der Waals surface area contributed by atoms with Gasteiger partial charge in [-0.2, -0.15) is 39.2 Å². The van der Waals surface area contributed by atoms with Crippen LogP contribution >= 0.6 is 0 Å². The molecule has 0 heterocycles. The Balaban J connectivity index is 0. The average molecular weight is 365 g/mol. The van der Waals surface area contributed by atoms with E-state index in [1.165, 1.54) is 0 Å². The molecule has 0 radical (unpaired) electrons. The Labute approximate surface area is 123 Å². The molecule has 0 saturated heterocycles. The third kappa shape index (κ3) is 7.58. The van der Waals surface area contributed by atoms with Crippen LogP contribution in [-0.4, -0.2) is 30.3 Å². The Morgan fingerprint density at radius 2 is 1.09 bits per heavy atom. The van der Waals surface area contributed by atoms with E-state index < -0.39 is 46.7 Å². The van der Waals surface area contributed by atoms with E-state index in [2.05, 4.69) is 0 Å². The molecule has 4 N–H and O–H groups in total. The summed E-state index contributed by atoms with van der Waals surface area (Å²) in [5.74, 6) is -4.94. The molecule has 0 unspecified atom stereocenters. The van der Waals surface area contributed by atoms with Crippen molar-refractivity contribution in [2.45, 2.75) is 62.3 Å². The lowest BCUT2D eigenvalue weighted by Crippen LogP contribution is -2.46. The minimum absolute atomic E-state index is 0. The van der Waals surface area contributed by atoms with Crippen LogP contribution in [-0.2, 0) is 10.1 Å². The Bertz CT molecular complexity index is 423. The van der Waals surface area contributed by atoms with Gasteiger partial charge in [-0.25, -0.2) is 0 Å². The minimum Gasteiger partial charge on any atom is -0.344 e. The van der Waals surface area contributed by atoms with Crippen LogP contribution in [0.1, 0.15) is 44.9 Å². The van der Waals surface area contributed by atoms with Crippen LogP contribution < -0.4 is 6.15 Å². The smallest absolute Gasteiger partial charge is 0.344 e. The molecule has 0 bridgehead atoms. The first-order valence-electron chi connectivity index (χ1n) is 6.00. The van der Waals surface area contributed by atoms with Crippen molar-refractivity contribution >= 4 is 10.1 Å². The van der Waals surface area contributed by atoms with Crippen molar-refractivity contribution in [1.29, 1.82) is 0 Å². The van der Waals surface area contributed by atoms with Gasteiger partial charge in [0.2, 0.25) is 0 Å². The van der Waals surface area contributed by atoms with E-state index in [4.69, 9.17) is 4.55 Å². The molecule has 0 spiro atoms. The van der Waals surface area contributed by atoms with Crippen LogP contribution in [0.15, 0.2) is 0 Å². The van der Waals surface area contributed by atoms with Crippen LogP contribution in [0.2, 0.25) is 0 Å². The zero-order chi connectivity index (χ0) is 16.9. The zero-order valence-electron chi connectivity index (χ0n) is 11.5. The second-order valence-electron chi connectivity index (χ2n) is 4.58. The van der Waals surface area contributed by atoms with Crippen LogP contribution in [0.3, 0.4) is 0 Å². The van der Waals surface area contributed by atoms with Crippen molar-refractivity contribution in [1.82, 2.24) is 6.15 Å². The first-order valence-corrected chi connectivity index (χ1v) is 7.44. The van der Waals surface area contributed by atoms with Crippen molar-refractivity contribution < 1.29 is 43.7 Å². The van der Waals surface area contributed by atoms with Gasteiger partial charge in [-0.05, 0) is 12.8 Å². The molecular formula is C10H18F7NO3S. The lowest BCUT2D eigenvalue weighted by atomic mass is 10.1. The lowest BCUT2D eigenvalue weighted by molar-refractivity contribution is -0.164. The third-order valence-corrected chi connectivity index (χ3v) is 3.65. The summed E-state index contributed by atoms with van der Waals surface area (Å²) >= 11 is 0. The molecule has 0 fully saturated rings. The summed E-state index contributed by atoms with van der Waals surface area (Å²) in [6, 6.07) is 0. The largest absolute Gasteiger partial charge is 0.431 e. The molecule has 12 heteroatoms. The summed E-state index contributed by atoms with van der Waals surface area (Å²) in [4.78, 5) is 0. The molecule has 4 nitrogen and oxygen atoms in total. The molecule has 0 amide bonds. The molecule has 0 aromatic carbocycles. The summed E-state index contributed by atoms with van der Waals surface area (Å²) in [6.45, 7) is 0.